The summed E-state index contributed by atoms with van der Waals surface area (Å²) in [5, 5.41) is 8.67. The van der Waals surface area contributed by atoms with Crippen molar-refractivity contribution in [3.63, 3.8) is 0 Å². The highest BCUT2D eigenvalue weighted by atomic mass is 16.4. The zero-order valence-electron chi connectivity index (χ0n) is 11.9. The predicted octanol–water partition coefficient (Wildman–Crippen LogP) is 2.15. The molecule has 0 aromatic heterocycles. The highest BCUT2D eigenvalue weighted by Gasteiger charge is 2.15. The van der Waals surface area contributed by atoms with Gasteiger partial charge >= 0.3 is 5.97 Å². The first-order valence-corrected chi connectivity index (χ1v) is 7.13. The van der Waals surface area contributed by atoms with Crippen molar-refractivity contribution in [1.82, 2.24) is 4.90 Å². The molecule has 1 aliphatic rings. The average Bonchev–Trinajstić information content (AvgIpc) is 2.60. The molecule has 0 aliphatic carbocycles. The Balaban J connectivity index is 1.96. The van der Waals surface area contributed by atoms with E-state index in [1.54, 1.807) is 6.92 Å². The van der Waals surface area contributed by atoms with Gasteiger partial charge in [-0.05, 0) is 49.9 Å². The largest absolute Gasteiger partial charge is 0.481 e. The van der Waals surface area contributed by atoms with E-state index in [0.29, 0.717) is 6.42 Å². The molecule has 1 aromatic carbocycles. The Hall–Kier alpha value is -1.68. The van der Waals surface area contributed by atoms with Crippen molar-refractivity contribution in [3.8, 4) is 0 Å². The first-order chi connectivity index (χ1) is 9.56. The summed E-state index contributed by atoms with van der Waals surface area (Å²) in [4.78, 5) is 24.3. The second-order valence-electron chi connectivity index (χ2n) is 5.38. The van der Waals surface area contributed by atoms with E-state index < -0.39 is 5.97 Å². The monoisotopic (exact) mass is 275 g/mol. The van der Waals surface area contributed by atoms with E-state index in [1.807, 2.05) is 12.1 Å². The van der Waals surface area contributed by atoms with Gasteiger partial charge in [-0.1, -0.05) is 12.1 Å². The van der Waals surface area contributed by atoms with Crippen LogP contribution in [0.25, 0.3) is 0 Å². The van der Waals surface area contributed by atoms with E-state index in [-0.39, 0.29) is 12.2 Å². The van der Waals surface area contributed by atoms with Gasteiger partial charge in [-0.3, -0.25) is 9.59 Å². The molecule has 1 heterocycles. The van der Waals surface area contributed by atoms with Crippen LogP contribution in [0.15, 0.2) is 18.2 Å². The van der Waals surface area contributed by atoms with Crippen LogP contribution in [0.2, 0.25) is 0 Å². The number of hydrogen-bond acceptors (Lipinski definition) is 3. The van der Waals surface area contributed by atoms with Crippen molar-refractivity contribution in [3.05, 3.63) is 34.9 Å². The molecular weight excluding hydrogens is 254 g/mol. The lowest BCUT2D eigenvalue weighted by atomic mass is 9.99. The molecule has 0 saturated carbocycles. The summed E-state index contributed by atoms with van der Waals surface area (Å²) in [5.74, 6) is -0.621. The van der Waals surface area contributed by atoms with Crippen LogP contribution in [-0.2, 0) is 17.6 Å². The SMILES string of the molecule is CC(=O)c1ccc2c(c1)CCN(CCCC(=O)O)CC2. The molecule has 0 radical (unpaired) electrons. The van der Waals surface area contributed by atoms with Crippen molar-refractivity contribution in [2.75, 3.05) is 19.6 Å². The Morgan fingerprint density at radius 2 is 1.90 bits per heavy atom. The number of carboxylic acid groups (broad SMARTS) is 1. The molecule has 0 unspecified atom stereocenters. The fraction of sp³-hybridized carbons (Fsp3) is 0.500. The number of hydrogen-bond donors (Lipinski definition) is 1. The number of rotatable bonds is 5. The minimum absolute atomic E-state index is 0.107. The maximum Gasteiger partial charge on any atom is 0.303 e. The zero-order chi connectivity index (χ0) is 14.5. The van der Waals surface area contributed by atoms with Gasteiger partial charge in [0.2, 0.25) is 0 Å². The second-order valence-corrected chi connectivity index (χ2v) is 5.38. The van der Waals surface area contributed by atoms with Gasteiger partial charge < -0.3 is 10.0 Å². The van der Waals surface area contributed by atoms with Gasteiger partial charge in [0, 0.05) is 25.1 Å². The lowest BCUT2D eigenvalue weighted by molar-refractivity contribution is -0.137. The van der Waals surface area contributed by atoms with Crippen LogP contribution in [0.1, 0.15) is 41.3 Å². The number of fused-ring (bicyclic) bond motifs is 1. The first-order valence-electron chi connectivity index (χ1n) is 7.13. The summed E-state index contributed by atoms with van der Waals surface area (Å²) >= 11 is 0. The molecule has 20 heavy (non-hydrogen) atoms. The summed E-state index contributed by atoms with van der Waals surface area (Å²) in [7, 11) is 0. The summed E-state index contributed by atoms with van der Waals surface area (Å²) in [6, 6.07) is 5.98. The molecule has 0 atom stereocenters. The minimum atomic E-state index is -0.728. The van der Waals surface area contributed by atoms with Crippen LogP contribution in [-0.4, -0.2) is 41.4 Å². The van der Waals surface area contributed by atoms with Crippen molar-refractivity contribution in [2.24, 2.45) is 0 Å². The van der Waals surface area contributed by atoms with E-state index in [0.717, 1.165) is 38.0 Å². The predicted molar refractivity (Wildman–Crippen MR) is 77.2 cm³/mol. The van der Waals surface area contributed by atoms with Gasteiger partial charge in [-0.2, -0.15) is 0 Å². The third kappa shape index (κ3) is 3.90. The standard InChI is InChI=1S/C16H21NO3/c1-12(18)14-5-4-13-6-9-17(8-2-3-16(19)20)10-7-15(13)11-14/h4-5,11H,2-3,6-10H2,1H3,(H,19,20). The molecule has 1 aromatic rings. The molecule has 0 saturated heterocycles. The number of ketones is 1. The summed E-state index contributed by atoms with van der Waals surface area (Å²) < 4.78 is 0. The number of carbonyl (C=O) groups excluding carboxylic acids is 1. The van der Waals surface area contributed by atoms with E-state index in [2.05, 4.69) is 11.0 Å². The molecule has 0 bridgehead atoms. The van der Waals surface area contributed by atoms with Crippen LogP contribution in [0, 0.1) is 0 Å². The molecule has 2 rings (SSSR count). The molecule has 0 fully saturated rings. The van der Waals surface area contributed by atoms with Crippen LogP contribution < -0.4 is 0 Å². The van der Waals surface area contributed by atoms with Crippen molar-refractivity contribution in [2.45, 2.75) is 32.6 Å². The summed E-state index contributed by atoms with van der Waals surface area (Å²) in [5.41, 5.74) is 3.36. The van der Waals surface area contributed by atoms with Crippen molar-refractivity contribution >= 4 is 11.8 Å². The van der Waals surface area contributed by atoms with Gasteiger partial charge in [0.1, 0.15) is 0 Å². The fourth-order valence-corrected chi connectivity index (χ4v) is 2.67. The van der Waals surface area contributed by atoms with Gasteiger partial charge in [-0.25, -0.2) is 0 Å². The van der Waals surface area contributed by atoms with E-state index in [9.17, 15) is 9.59 Å². The van der Waals surface area contributed by atoms with Crippen LogP contribution in [0.3, 0.4) is 0 Å². The highest BCUT2D eigenvalue weighted by Crippen LogP contribution is 2.18. The molecule has 4 nitrogen and oxygen atoms in total. The molecular formula is C16H21NO3. The lowest BCUT2D eigenvalue weighted by Gasteiger charge is -2.18. The third-order valence-corrected chi connectivity index (χ3v) is 3.87. The quantitative estimate of drug-likeness (QED) is 0.837. The normalized spacial score (nSPS) is 15.4. The molecule has 1 aliphatic heterocycles. The van der Waals surface area contributed by atoms with Crippen LogP contribution in [0.4, 0.5) is 0 Å². The van der Waals surface area contributed by atoms with Crippen molar-refractivity contribution < 1.29 is 14.7 Å². The first kappa shape index (κ1) is 14.7. The average molecular weight is 275 g/mol. The van der Waals surface area contributed by atoms with Crippen LogP contribution in [0.5, 0.6) is 0 Å². The maximum atomic E-state index is 11.4. The van der Waals surface area contributed by atoms with Gasteiger partial charge in [-0.15, -0.1) is 0 Å². The van der Waals surface area contributed by atoms with Crippen LogP contribution >= 0.6 is 0 Å². The molecule has 108 valence electrons. The van der Waals surface area contributed by atoms with E-state index in [1.165, 1.54) is 11.1 Å². The zero-order valence-corrected chi connectivity index (χ0v) is 11.9. The van der Waals surface area contributed by atoms with Crippen molar-refractivity contribution in [1.29, 1.82) is 0 Å². The highest BCUT2D eigenvalue weighted by molar-refractivity contribution is 5.94. The van der Waals surface area contributed by atoms with Gasteiger partial charge in [0.05, 0.1) is 0 Å². The Morgan fingerprint density at radius 1 is 1.20 bits per heavy atom. The second kappa shape index (κ2) is 6.66. The minimum Gasteiger partial charge on any atom is -0.481 e. The topological polar surface area (TPSA) is 57.6 Å². The number of carbonyl (C=O) groups is 2. The molecule has 1 N–H and O–H groups in total. The molecule has 4 heteroatoms. The van der Waals surface area contributed by atoms with Gasteiger partial charge in [0.15, 0.2) is 5.78 Å². The van der Waals surface area contributed by atoms with E-state index in [4.69, 9.17) is 5.11 Å². The maximum absolute atomic E-state index is 11.4. The fourth-order valence-electron chi connectivity index (χ4n) is 2.67. The lowest BCUT2D eigenvalue weighted by Crippen LogP contribution is -2.27. The number of aliphatic carboxylic acids is 1. The summed E-state index contributed by atoms with van der Waals surface area (Å²) in [6.07, 6.45) is 2.84. The van der Waals surface area contributed by atoms with Gasteiger partial charge in [0.25, 0.3) is 0 Å². The van der Waals surface area contributed by atoms with E-state index >= 15 is 0 Å². The Bertz CT molecular complexity index is 510. The Kier molecular flexibility index (Phi) is 4.90. The Labute approximate surface area is 119 Å². The third-order valence-electron chi connectivity index (χ3n) is 3.87. The number of benzene rings is 1. The molecule has 0 spiro atoms. The number of nitrogens with zero attached hydrogens (tertiary/aromatic N) is 1. The summed E-state index contributed by atoms with van der Waals surface area (Å²) in [6.45, 7) is 4.33. The number of carboxylic acids is 1. The Morgan fingerprint density at radius 3 is 2.55 bits per heavy atom. The smallest absolute Gasteiger partial charge is 0.303 e. The number of Topliss-reactive ketones (excluding diaryl/α,β-unsaturated/α-hetero) is 1. The molecule has 0 amide bonds.